The molecule has 2 atom stereocenters. The van der Waals surface area contributed by atoms with Crippen molar-refractivity contribution >= 4 is 27.6 Å². The third-order valence-corrected chi connectivity index (χ3v) is 6.85. The SMILES string of the molecule is COc1ccc([C@@H]2C3=C(Nc4ncnn42)c2ccccc2O[C@H]3c2ccc(OC)c(Br)c2)cc1. The molecule has 0 spiro atoms. The van der Waals surface area contributed by atoms with E-state index in [1.54, 1.807) is 20.5 Å². The summed E-state index contributed by atoms with van der Waals surface area (Å²) in [7, 11) is 3.32. The number of halogens is 1. The van der Waals surface area contributed by atoms with E-state index in [0.717, 1.165) is 49.7 Å². The number of nitrogens with zero attached hydrogens (tertiary/aromatic N) is 3. The molecular formula is C26H21BrN4O3. The molecule has 0 bridgehead atoms. The van der Waals surface area contributed by atoms with E-state index in [1.807, 2.05) is 53.2 Å². The normalized spacial score (nSPS) is 18.2. The fourth-order valence-corrected chi connectivity index (χ4v) is 5.20. The van der Waals surface area contributed by atoms with Crippen molar-refractivity contribution in [3.8, 4) is 17.2 Å². The van der Waals surface area contributed by atoms with Gasteiger partial charge in [0, 0.05) is 11.1 Å². The molecule has 34 heavy (non-hydrogen) atoms. The van der Waals surface area contributed by atoms with Crippen LogP contribution in [0.25, 0.3) is 5.70 Å². The second-order valence-corrected chi connectivity index (χ2v) is 8.90. The van der Waals surface area contributed by atoms with Gasteiger partial charge in [0.25, 0.3) is 0 Å². The number of rotatable bonds is 4. The molecule has 0 amide bonds. The van der Waals surface area contributed by atoms with E-state index in [1.165, 1.54) is 0 Å². The zero-order valence-electron chi connectivity index (χ0n) is 18.5. The molecule has 2 aliphatic rings. The van der Waals surface area contributed by atoms with Gasteiger partial charge in [-0.1, -0.05) is 30.3 Å². The molecule has 0 aliphatic carbocycles. The predicted molar refractivity (Wildman–Crippen MR) is 132 cm³/mol. The molecule has 8 heteroatoms. The first kappa shape index (κ1) is 20.8. The van der Waals surface area contributed by atoms with E-state index in [2.05, 4.69) is 49.5 Å². The second-order valence-electron chi connectivity index (χ2n) is 8.05. The molecular weight excluding hydrogens is 496 g/mol. The highest BCUT2D eigenvalue weighted by molar-refractivity contribution is 9.10. The number of fused-ring (bicyclic) bond motifs is 3. The van der Waals surface area contributed by atoms with Gasteiger partial charge in [-0.05, 0) is 63.5 Å². The Morgan fingerprint density at radius 2 is 1.76 bits per heavy atom. The van der Waals surface area contributed by atoms with Crippen molar-refractivity contribution in [2.75, 3.05) is 19.5 Å². The van der Waals surface area contributed by atoms with Crippen LogP contribution in [0, 0.1) is 0 Å². The van der Waals surface area contributed by atoms with Gasteiger partial charge in [-0.25, -0.2) is 4.68 Å². The third kappa shape index (κ3) is 3.25. The quantitative estimate of drug-likeness (QED) is 0.379. The van der Waals surface area contributed by atoms with Crippen molar-refractivity contribution in [3.63, 3.8) is 0 Å². The van der Waals surface area contributed by atoms with Gasteiger partial charge in [-0.15, -0.1) is 0 Å². The van der Waals surface area contributed by atoms with Gasteiger partial charge in [-0.2, -0.15) is 10.1 Å². The topological polar surface area (TPSA) is 70.4 Å². The molecule has 0 radical (unpaired) electrons. The fourth-order valence-electron chi connectivity index (χ4n) is 4.64. The van der Waals surface area contributed by atoms with Crippen LogP contribution < -0.4 is 19.5 Å². The summed E-state index contributed by atoms with van der Waals surface area (Å²) in [6, 6.07) is 21.9. The minimum Gasteiger partial charge on any atom is -0.497 e. The molecule has 7 nitrogen and oxygen atoms in total. The number of ether oxygens (including phenoxy) is 3. The van der Waals surface area contributed by atoms with Crippen LogP contribution in [0.3, 0.4) is 0 Å². The number of anilines is 1. The first-order valence-corrected chi connectivity index (χ1v) is 11.6. The van der Waals surface area contributed by atoms with Crippen LogP contribution in [-0.4, -0.2) is 29.0 Å². The summed E-state index contributed by atoms with van der Waals surface area (Å²) in [4.78, 5) is 4.48. The number of nitrogens with one attached hydrogen (secondary N) is 1. The Balaban J connectivity index is 1.59. The van der Waals surface area contributed by atoms with E-state index < -0.39 is 0 Å². The highest BCUT2D eigenvalue weighted by atomic mass is 79.9. The highest BCUT2D eigenvalue weighted by Crippen LogP contribution is 2.51. The predicted octanol–water partition coefficient (Wildman–Crippen LogP) is 5.62. The number of para-hydroxylation sites is 1. The summed E-state index contributed by atoms with van der Waals surface area (Å²) in [5.74, 6) is 3.06. The second kappa shape index (κ2) is 8.22. The molecule has 0 unspecified atom stereocenters. The molecule has 2 aliphatic heterocycles. The van der Waals surface area contributed by atoms with Crippen molar-refractivity contribution in [1.29, 1.82) is 0 Å². The van der Waals surface area contributed by atoms with Gasteiger partial charge in [0.05, 0.1) is 24.4 Å². The Morgan fingerprint density at radius 1 is 0.971 bits per heavy atom. The maximum absolute atomic E-state index is 6.66. The van der Waals surface area contributed by atoms with Crippen LogP contribution in [0.2, 0.25) is 0 Å². The van der Waals surface area contributed by atoms with Crippen LogP contribution in [0.4, 0.5) is 5.95 Å². The molecule has 0 fully saturated rings. The van der Waals surface area contributed by atoms with Gasteiger partial charge in [0.2, 0.25) is 5.95 Å². The molecule has 170 valence electrons. The van der Waals surface area contributed by atoms with Gasteiger partial charge >= 0.3 is 0 Å². The molecule has 1 aromatic heterocycles. The van der Waals surface area contributed by atoms with E-state index in [-0.39, 0.29) is 12.1 Å². The molecule has 1 N–H and O–H groups in total. The van der Waals surface area contributed by atoms with Crippen LogP contribution >= 0.6 is 15.9 Å². The highest BCUT2D eigenvalue weighted by Gasteiger charge is 2.41. The van der Waals surface area contributed by atoms with Gasteiger partial charge in [0.1, 0.15) is 35.7 Å². The molecule has 4 aromatic rings. The van der Waals surface area contributed by atoms with Crippen molar-refractivity contribution < 1.29 is 14.2 Å². The zero-order valence-corrected chi connectivity index (χ0v) is 20.1. The Labute approximate surface area is 205 Å². The van der Waals surface area contributed by atoms with E-state index in [4.69, 9.17) is 14.2 Å². The van der Waals surface area contributed by atoms with Gasteiger partial charge in [0.15, 0.2) is 0 Å². The lowest BCUT2D eigenvalue weighted by molar-refractivity contribution is 0.223. The summed E-state index contributed by atoms with van der Waals surface area (Å²) >= 11 is 3.64. The van der Waals surface area contributed by atoms with Crippen LogP contribution in [-0.2, 0) is 0 Å². The van der Waals surface area contributed by atoms with Crippen molar-refractivity contribution in [2.24, 2.45) is 0 Å². The van der Waals surface area contributed by atoms with Gasteiger partial charge in [-0.3, -0.25) is 0 Å². The number of hydrogen-bond acceptors (Lipinski definition) is 6. The third-order valence-electron chi connectivity index (χ3n) is 6.23. The fraction of sp³-hybridized carbons (Fsp3) is 0.154. The largest absolute Gasteiger partial charge is 0.497 e. The smallest absolute Gasteiger partial charge is 0.226 e. The Hall–Kier alpha value is -3.78. The summed E-state index contributed by atoms with van der Waals surface area (Å²) in [5.41, 5.74) is 5.09. The average Bonchev–Trinajstić information content (AvgIpc) is 3.35. The molecule has 0 saturated carbocycles. The molecule has 0 saturated heterocycles. The summed E-state index contributed by atoms with van der Waals surface area (Å²) in [6.07, 6.45) is 1.22. The average molecular weight is 517 g/mol. The maximum atomic E-state index is 6.66. The van der Waals surface area contributed by atoms with Crippen molar-refractivity contribution in [3.05, 3.63) is 99.8 Å². The van der Waals surface area contributed by atoms with Crippen LogP contribution in [0.1, 0.15) is 28.8 Å². The van der Waals surface area contributed by atoms with Crippen LogP contribution in [0.5, 0.6) is 17.2 Å². The zero-order chi connectivity index (χ0) is 23.2. The standard InChI is InChI=1S/C26H21BrN4O3/c1-32-17-10-7-15(8-11-17)24-22-23(30-26-28-14-29-31(24)26)18-5-3-4-6-20(18)34-25(22)16-9-12-21(33-2)19(27)13-16/h3-14,24-25H,1-2H3,(H,28,29,30)/t24-,25+/m1/s1. The number of hydrogen-bond donors (Lipinski definition) is 1. The summed E-state index contributed by atoms with van der Waals surface area (Å²) < 4.78 is 20.3. The lowest BCUT2D eigenvalue weighted by atomic mass is 9.84. The number of aromatic nitrogens is 3. The minimum atomic E-state index is -0.357. The van der Waals surface area contributed by atoms with E-state index in [0.29, 0.717) is 5.95 Å². The molecule has 3 heterocycles. The number of benzene rings is 3. The van der Waals surface area contributed by atoms with Gasteiger partial charge < -0.3 is 19.5 Å². The van der Waals surface area contributed by atoms with Crippen molar-refractivity contribution in [2.45, 2.75) is 12.1 Å². The summed E-state index contributed by atoms with van der Waals surface area (Å²) in [6.45, 7) is 0. The van der Waals surface area contributed by atoms with E-state index in [9.17, 15) is 0 Å². The lowest BCUT2D eigenvalue weighted by Crippen LogP contribution is -2.32. The first-order chi connectivity index (χ1) is 16.7. The Kier molecular flexibility index (Phi) is 5.03. The summed E-state index contributed by atoms with van der Waals surface area (Å²) in [5, 5.41) is 8.09. The monoisotopic (exact) mass is 516 g/mol. The lowest BCUT2D eigenvalue weighted by Gasteiger charge is -2.39. The molecule has 6 rings (SSSR count). The van der Waals surface area contributed by atoms with Crippen LogP contribution in [0.15, 0.2) is 83.1 Å². The Morgan fingerprint density at radius 3 is 2.53 bits per heavy atom. The minimum absolute atomic E-state index is 0.223. The molecule has 3 aromatic carbocycles. The number of methoxy groups -OCH3 is 2. The first-order valence-electron chi connectivity index (χ1n) is 10.8. The van der Waals surface area contributed by atoms with E-state index >= 15 is 0 Å². The Bertz CT molecular complexity index is 1410. The van der Waals surface area contributed by atoms with Crippen molar-refractivity contribution in [1.82, 2.24) is 14.8 Å². The maximum Gasteiger partial charge on any atom is 0.226 e.